The minimum atomic E-state index is -4.62. The number of hydrogen-bond donors (Lipinski definition) is 0. The van der Waals surface area contributed by atoms with E-state index in [1.165, 1.54) is 12.1 Å². The van der Waals surface area contributed by atoms with Crippen LogP contribution in [0.1, 0.15) is 23.7 Å². The van der Waals surface area contributed by atoms with Crippen molar-refractivity contribution in [3.8, 4) is 5.75 Å². The van der Waals surface area contributed by atoms with Gasteiger partial charge < -0.3 is 4.74 Å². The zero-order valence-corrected chi connectivity index (χ0v) is 9.60. The van der Waals surface area contributed by atoms with E-state index in [0.717, 1.165) is 12.0 Å². The first-order valence-electron chi connectivity index (χ1n) is 4.42. The maximum Gasteiger partial charge on any atom is 0.573 e. The fraction of sp³-hybridized carbons (Fsp3) is 0.400. The smallest absolute Gasteiger partial charge is 0.406 e. The molecule has 0 fully saturated rings. The number of hydrogen-bond acceptors (Lipinski definition) is 1. The molecule has 0 N–H and O–H groups in total. The van der Waals surface area contributed by atoms with Crippen molar-refractivity contribution in [2.24, 2.45) is 0 Å². The van der Waals surface area contributed by atoms with E-state index in [9.17, 15) is 13.2 Å². The van der Waals surface area contributed by atoms with Gasteiger partial charge in [0.05, 0.1) is 0 Å². The van der Waals surface area contributed by atoms with Gasteiger partial charge in [-0.25, -0.2) is 0 Å². The Morgan fingerprint density at radius 1 is 1.27 bits per heavy atom. The maximum atomic E-state index is 11.8. The van der Waals surface area contributed by atoms with E-state index in [1.54, 1.807) is 12.1 Å². The Balaban J connectivity index is 2.72. The van der Waals surface area contributed by atoms with E-state index >= 15 is 0 Å². The van der Waals surface area contributed by atoms with Crippen LogP contribution >= 0.6 is 15.9 Å². The van der Waals surface area contributed by atoms with Crippen molar-refractivity contribution in [3.63, 3.8) is 0 Å². The molecule has 0 spiro atoms. The van der Waals surface area contributed by atoms with Crippen LogP contribution in [0.5, 0.6) is 5.75 Å². The quantitative estimate of drug-likeness (QED) is 0.745. The van der Waals surface area contributed by atoms with Gasteiger partial charge in [0, 0.05) is 4.83 Å². The second-order valence-electron chi connectivity index (χ2n) is 2.99. The standard InChI is InChI=1S/C10H10BrF3O/c1-2-9(11)7-3-5-8(6-4-7)15-10(12,13)14/h3-6,9H,2H2,1H3. The van der Waals surface area contributed by atoms with Crippen LogP contribution in [0.4, 0.5) is 13.2 Å². The molecule has 5 heteroatoms. The lowest BCUT2D eigenvalue weighted by Crippen LogP contribution is -2.17. The predicted molar refractivity (Wildman–Crippen MR) is 55.1 cm³/mol. The Hall–Kier alpha value is -0.710. The van der Waals surface area contributed by atoms with Gasteiger partial charge in [-0.05, 0) is 24.1 Å². The lowest BCUT2D eigenvalue weighted by molar-refractivity contribution is -0.274. The largest absolute Gasteiger partial charge is 0.573 e. The minimum absolute atomic E-state index is 0.164. The van der Waals surface area contributed by atoms with Crippen LogP contribution in [-0.2, 0) is 0 Å². The zero-order valence-electron chi connectivity index (χ0n) is 8.01. The van der Waals surface area contributed by atoms with Crippen LogP contribution in [0.3, 0.4) is 0 Å². The summed E-state index contributed by atoms with van der Waals surface area (Å²) < 4.78 is 39.3. The molecule has 0 saturated heterocycles. The highest BCUT2D eigenvalue weighted by molar-refractivity contribution is 9.09. The van der Waals surface area contributed by atoms with Gasteiger partial charge in [-0.3, -0.25) is 0 Å². The fourth-order valence-electron chi connectivity index (χ4n) is 1.11. The van der Waals surface area contributed by atoms with Crippen LogP contribution in [0.2, 0.25) is 0 Å². The van der Waals surface area contributed by atoms with Gasteiger partial charge in [0.25, 0.3) is 0 Å². The first-order chi connectivity index (χ1) is 6.92. The Labute approximate surface area is 94.4 Å². The molecule has 0 aliphatic rings. The molecule has 0 aromatic heterocycles. The van der Waals surface area contributed by atoms with Crippen LogP contribution < -0.4 is 4.74 Å². The minimum Gasteiger partial charge on any atom is -0.406 e. The molecular weight excluding hydrogens is 273 g/mol. The average Bonchev–Trinajstić information content (AvgIpc) is 2.15. The second-order valence-corrected chi connectivity index (χ2v) is 4.10. The summed E-state index contributed by atoms with van der Waals surface area (Å²) in [4.78, 5) is 0.164. The summed E-state index contributed by atoms with van der Waals surface area (Å²) in [6.45, 7) is 1.99. The Morgan fingerprint density at radius 2 is 1.80 bits per heavy atom. The van der Waals surface area contributed by atoms with Gasteiger partial charge in [-0.15, -0.1) is 13.2 Å². The lowest BCUT2D eigenvalue weighted by atomic mass is 10.1. The summed E-state index contributed by atoms with van der Waals surface area (Å²) in [6.07, 6.45) is -3.75. The van der Waals surface area contributed by atoms with Gasteiger partial charge in [0.15, 0.2) is 0 Å². The Bertz CT molecular complexity index is 307. The Morgan fingerprint density at radius 3 is 2.20 bits per heavy atom. The third-order valence-corrected chi connectivity index (χ3v) is 3.01. The number of alkyl halides is 4. The predicted octanol–water partition coefficient (Wildman–Crippen LogP) is 4.43. The van der Waals surface area contributed by atoms with Crippen LogP contribution in [0, 0.1) is 0 Å². The number of benzene rings is 1. The molecule has 1 aromatic rings. The summed E-state index contributed by atoms with van der Waals surface area (Å²) in [6, 6.07) is 5.85. The fourth-order valence-corrected chi connectivity index (χ4v) is 1.42. The zero-order chi connectivity index (χ0) is 11.5. The monoisotopic (exact) mass is 282 g/mol. The highest BCUT2D eigenvalue weighted by Crippen LogP contribution is 2.29. The summed E-state index contributed by atoms with van der Waals surface area (Å²) in [5.41, 5.74) is 0.937. The summed E-state index contributed by atoms with van der Waals surface area (Å²) >= 11 is 3.41. The summed E-state index contributed by atoms with van der Waals surface area (Å²) in [5.74, 6) is -0.193. The van der Waals surface area contributed by atoms with Crippen molar-refractivity contribution in [1.29, 1.82) is 0 Å². The van der Waals surface area contributed by atoms with E-state index in [4.69, 9.17) is 0 Å². The van der Waals surface area contributed by atoms with E-state index in [-0.39, 0.29) is 10.6 Å². The molecule has 15 heavy (non-hydrogen) atoms. The highest BCUT2D eigenvalue weighted by Gasteiger charge is 2.30. The molecule has 1 unspecified atom stereocenters. The van der Waals surface area contributed by atoms with E-state index < -0.39 is 6.36 Å². The van der Waals surface area contributed by atoms with Gasteiger partial charge in [0.2, 0.25) is 0 Å². The van der Waals surface area contributed by atoms with Crippen LogP contribution in [-0.4, -0.2) is 6.36 Å². The second kappa shape index (κ2) is 4.88. The van der Waals surface area contributed by atoms with Crippen molar-refractivity contribution in [2.45, 2.75) is 24.5 Å². The number of rotatable bonds is 3. The van der Waals surface area contributed by atoms with Crippen molar-refractivity contribution in [1.82, 2.24) is 0 Å². The highest BCUT2D eigenvalue weighted by atomic mass is 79.9. The third-order valence-electron chi connectivity index (χ3n) is 1.83. The van der Waals surface area contributed by atoms with Gasteiger partial charge in [-0.2, -0.15) is 0 Å². The topological polar surface area (TPSA) is 9.23 Å². The SMILES string of the molecule is CCC(Br)c1ccc(OC(F)(F)F)cc1. The summed E-state index contributed by atoms with van der Waals surface area (Å²) in [5, 5.41) is 0. The van der Waals surface area contributed by atoms with Crippen LogP contribution in [0.15, 0.2) is 24.3 Å². The van der Waals surface area contributed by atoms with Gasteiger partial charge in [-0.1, -0.05) is 35.0 Å². The van der Waals surface area contributed by atoms with Gasteiger partial charge in [0.1, 0.15) is 5.75 Å². The molecule has 0 aliphatic carbocycles. The molecule has 1 nitrogen and oxygen atoms in total. The number of ether oxygens (including phenoxy) is 1. The summed E-state index contributed by atoms with van der Waals surface area (Å²) in [7, 11) is 0. The van der Waals surface area contributed by atoms with Crippen molar-refractivity contribution >= 4 is 15.9 Å². The van der Waals surface area contributed by atoms with E-state index in [2.05, 4.69) is 20.7 Å². The molecule has 1 rings (SSSR count). The lowest BCUT2D eigenvalue weighted by Gasteiger charge is -2.10. The molecule has 0 saturated carbocycles. The molecule has 0 amide bonds. The van der Waals surface area contributed by atoms with Crippen molar-refractivity contribution in [2.75, 3.05) is 0 Å². The molecule has 0 bridgehead atoms. The van der Waals surface area contributed by atoms with Crippen molar-refractivity contribution < 1.29 is 17.9 Å². The normalized spacial score (nSPS) is 13.7. The molecule has 1 atom stereocenters. The molecule has 0 heterocycles. The Kier molecular flexibility index (Phi) is 4.02. The first kappa shape index (κ1) is 12.4. The van der Waals surface area contributed by atoms with Crippen LogP contribution in [0.25, 0.3) is 0 Å². The number of halogens is 4. The maximum absolute atomic E-state index is 11.8. The van der Waals surface area contributed by atoms with E-state index in [0.29, 0.717) is 0 Å². The van der Waals surface area contributed by atoms with E-state index in [1.807, 2.05) is 6.92 Å². The molecule has 1 aromatic carbocycles. The third kappa shape index (κ3) is 4.11. The molecule has 84 valence electrons. The molecular formula is C10H10BrF3O. The first-order valence-corrected chi connectivity index (χ1v) is 5.33. The molecule has 0 radical (unpaired) electrons. The van der Waals surface area contributed by atoms with Gasteiger partial charge >= 0.3 is 6.36 Å². The van der Waals surface area contributed by atoms with Crippen molar-refractivity contribution in [3.05, 3.63) is 29.8 Å². The molecule has 0 aliphatic heterocycles. The average molecular weight is 283 g/mol.